The van der Waals surface area contributed by atoms with Gasteiger partial charge in [-0.15, -0.1) is 0 Å². The molecular weight excluding hydrogens is 433 g/mol. The first-order chi connectivity index (χ1) is 16.1. The van der Waals surface area contributed by atoms with Gasteiger partial charge in [-0.1, -0.05) is 6.42 Å². The second kappa shape index (κ2) is 8.26. The summed E-state index contributed by atoms with van der Waals surface area (Å²) in [7, 11) is 2.16. The lowest BCUT2D eigenvalue weighted by atomic mass is 9.77. The molecule has 5 rings (SSSR count). The zero-order valence-electron chi connectivity index (χ0n) is 20.9. The molecule has 7 nitrogen and oxygen atoms in total. The lowest BCUT2D eigenvalue weighted by molar-refractivity contribution is -0.105. The first-order valence-electron chi connectivity index (χ1n) is 12.4. The number of halogens is 1. The normalized spacial score (nSPS) is 23.1. The van der Waals surface area contributed by atoms with Crippen LogP contribution in [0.3, 0.4) is 0 Å². The molecular formula is C26H36FN5O2. The molecule has 1 aromatic carbocycles. The Morgan fingerprint density at radius 1 is 1.00 bits per heavy atom. The van der Waals surface area contributed by atoms with Gasteiger partial charge < -0.3 is 20.1 Å². The van der Waals surface area contributed by atoms with Gasteiger partial charge in [-0.3, -0.25) is 4.90 Å². The molecule has 0 radical (unpaired) electrons. The number of nitrogens with one attached hydrogen (secondary N) is 2. The third-order valence-electron chi connectivity index (χ3n) is 7.80. The molecule has 2 fully saturated rings. The van der Waals surface area contributed by atoms with E-state index in [0.717, 1.165) is 55.7 Å². The van der Waals surface area contributed by atoms with E-state index in [0.29, 0.717) is 5.95 Å². The van der Waals surface area contributed by atoms with Crippen LogP contribution < -0.4 is 20.1 Å². The Morgan fingerprint density at radius 3 is 2.38 bits per heavy atom. The highest BCUT2D eigenvalue weighted by atomic mass is 19.1. The summed E-state index contributed by atoms with van der Waals surface area (Å²) < 4.78 is 27.0. The van der Waals surface area contributed by atoms with Gasteiger partial charge in [0.05, 0.1) is 6.20 Å². The number of aromatic nitrogens is 2. The summed E-state index contributed by atoms with van der Waals surface area (Å²) in [5.74, 6) is 1.08. The van der Waals surface area contributed by atoms with E-state index in [1.165, 1.54) is 12.6 Å². The molecule has 2 N–H and O–H groups in total. The van der Waals surface area contributed by atoms with E-state index in [1.54, 1.807) is 0 Å². The van der Waals surface area contributed by atoms with Crippen molar-refractivity contribution in [1.29, 1.82) is 0 Å². The van der Waals surface area contributed by atoms with Gasteiger partial charge in [0.25, 0.3) is 5.79 Å². The van der Waals surface area contributed by atoms with Crippen LogP contribution in [-0.4, -0.2) is 44.8 Å². The van der Waals surface area contributed by atoms with Gasteiger partial charge in [-0.25, -0.2) is 9.37 Å². The van der Waals surface area contributed by atoms with Crippen molar-refractivity contribution in [1.82, 2.24) is 14.9 Å². The minimum absolute atomic E-state index is 0.00775. The third-order valence-corrected chi connectivity index (χ3v) is 7.80. The fourth-order valence-corrected chi connectivity index (χ4v) is 5.79. The quantitative estimate of drug-likeness (QED) is 0.582. The van der Waals surface area contributed by atoms with Crippen LogP contribution in [0, 0.1) is 5.82 Å². The molecule has 0 atom stereocenters. The summed E-state index contributed by atoms with van der Waals surface area (Å²) in [6, 6.07) is 5.83. The van der Waals surface area contributed by atoms with Crippen LogP contribution in [0.1, 0.15) is 72.6 Å². The number of benzene rings is 1. The van der Waals surface area contributed by atoms with Crippen molar-refractivity contribution in [3.05, 3.63) is 30.2 Å². The van der Waals surface area contributed by atoms with E-state index in [-0.39, 0.29) is 22.9 Å². The third kappa shape index (κ3) is 4.40. The number of nitrogens with zero attached hydrogens (tertiary/aromatic N) is 3. The molecule has 1 aliphatic carbocycles. The van der Waals surface area contributed by atoms with E-state index >= 15 is 0 Å². The maximum absolute atomic E-state index is 14.6. The summed E-state index contributed by atoms with van der Waals surface area (Å²) in [4.78, 5) is 11.0. The molecule has 0 unspecified atom stereocenters. The van der Waals surface area contributed by atoms with Gasteiger partial charge in [0.2, 0.25) is 5.95 Å². The van der Waals surface area contributed by atoms with Gasteiger partial charge in [0.15, 0.2) is 23.1 Å². The highest BCUT2D eigenvalue weighted by molar-refractivity contribution is 5.61. The largest absolute Gasteiger partial charge is 0.448 e. The molecule has 1 spiro atoms. The minimum Gasteiger partial charge on any atom is -0.448 e. The molecule has 184 valence electrons. The molecule has 2 aliphatic heterocycles. The van der Waals surface area contributed by atoms with E-state index in [9.17, 15) is 4.39 Å². The zero-order chi connectivity index (χ0) is 24.1. The number of anilines is 3. The highest BCUT2D eigenvalue weighted by Crippen LogP contribution is 2.46. The topological polar surface area (TPSA) is 71.5 Å². The number of likely N-dealkylation sites (tertiary alicyclic amines) is 1. The molecule has 3 heterocycles. The Hall–Kier alpha value is -2.61. The predicted molar refractivity (Wildman–Crippen MR) is 131 cm³/mol. The number of hydrogen-bond donors (Lipinski definition) is 2. The molecule has 1 saturated heterocycles. The summed E-state index contributed by atoms with van der Waals surface area (Å²) in [5, 5.41) is 6.55. The first kappa shape index (κ1) is 23.1. The smallest absolute Gasteiger partial charge is 0.251 e. The Bertz CT molecular complexity index is 1050. The number of hydrogen-bond acceptors (Lipinski definition) is 7. The van der Waals surface area contributed by atoms with Crippen molar-refractivity contribution in [2.24, 2.45) is 0 Å². The lowest BCUT2D eigenvalue weighted by Gasteiger charge is -2.53. The van der Waals surface area contributed by atoms with Crippen molar-refractivity contribution < 1.29 is 13.9 Å². The second-order valence-corrected chi connectivity index (χ2v) is 11.3. The maximum Gasteiger partial charge on any atom is 0.251 e. The van der Waals surface area contributed by atoms with Crippen LogP contribution in [0.4, 0.5) is 21.8 Å². The van der Waals surface area contributed by atoms with E-state index in [4.69, 9.17) is 9.47 Å². The van der Waals surface area contributed by atoms with Gasteiger partial charge in [0.1, 0.15) is 0 Å². The van der Waals surface area contributed by atoms with Gasteiger partial charge in [-0.05, 0) is 72.6 Å². The standard InChI is InChI=1S/C26H36FN5O2/c1-24(2)14-18(15-25(3,4)32(24)5)29-22-19(27)16-28-23(31-22)30-17-9-10-20-21(13-17)34-26(33-20)11-7-6-8-12-26/h9-10,13,16,18H,6-8,11-12,14-15H2,1-5H3,(H2,28,29,30,31). The molecule has 0 bridgehead atoms. The summed E-state index contributed by atoms with van der Waals surface area (Å²) in [5.41, 5.74) is 0.757. The molecule has 8 heteroatoms. The average molecular weight is 470 g/mol. The van der Waals surface area contributed by atoms with Crippen LogP contribution in [0.25, 0.3) is 0 Å². The molecule has 34 heavy (non-hydrogen) atoms. The van der Waals surface area contributed by atoms with Gasteiger partial charge in [0, 0.05) is 41.7 Å². The Morgan fingerprint density at radius 2 is 1.68 bits per heavy atom. The van der Waals surface area contributed by atoms with Crippen molar-refractivity contribution in [2.45, 2.75) is 95.5 Å². The van der Waals surface area contributed by atoms with Crippen molar-refractivity contribution in [2.75, 3.05) is 17.7 Å². The molecule has 0 amide bonds. The number of fused-ring (bicyclic) bond motifs is 1. The number of ether oxygens (including phenoxy) is 2. The first-order valence-corrected chi connectivity index (χ1v) is 12.4. The monoisotopic (exact) mass is 469 g/mol. The maximum atomic E-state index is 14.6. The van der Waals surface area contributed by atoms with Gasteiger partial charge in [-0.2, -0.15) is 4.98 Å². The number of piperidine rings is 1. The summed E-state index contributed by atoms with van der Waals surface area (Å²) in [6.07, 6.45) is 8.27. The van der Waals surface area contributed by atoms with Crippen LogP contribution in [0.5, 0.6) is 11.5 Å². The molecule has 1 aromatic heterocycles. The molecule has 1 saturated carbocycles. The lowest BCUT2D eigenvalue weighted by Crippen LogP contribution is -2.61. The Kier molecular flexibility index (Phi) is 5.62. The van der Waals surface area contributed by atoms with Crippen molar-refractivity contribution in [3.63, 3.8) is 0 Å². The number of rotatable bonds is 4. The fourth-order valence-electron chi connectivity index (χ4n) is 5.79. The highest BCUT2D eigenvalue weighted by Gasteiger charge is 2.44. The SMILES string of the molecule is CN1C(C)(C)CC(Nc2nc(Nc3ccc4c(c3)OC3(CCCCC3)O4)ncc2F)CC1(C)C. The van der Waals surface area contributed by atoms with Crippen LogP contribution in [-0.2, 0) is 0 Å². The average Bonchev–Trinajstić information content (AvgIpc) is 3.11. The van der Waals surface area contributed by atoms with Crippen LogP contribution in [0.15, 0.2) is 24.4 Å². The van der Waals surface area contributed by atoms with E-state index in [2.05, 4.69) is 60.2 Å². The zero-order valence-corrected chi connectivity index (χ0v) is 20.9. The van der Waals surface area contributed by atoms with Crippen LogP contribution in [0.2, 0.25) is 0 Å². The van der Waals surface area contributed by atoms with Crippen LogP contribution >= 0.6 is 0 Å². The van der Waals surface area contributed by atoms with Gasteiger partial charge >= 0.3 is 0 Å². The fraction of sp³-hybridized carbons (Fsp3) is 0.615. The summed E-state index contributed by atoms with van der Waals surface area (Å²) >= 11 is 0. The second-order valence-electron chi connectivity index (χ2n) is 11.3. The molecule has 3 aliphatic rings. The predicted octanol–water partition coefficient (Wildman–Crippen LogP) is 5.85. The summed E-state index contributed by atoms with van der Waals surface area (Å²) in [6.45, 7) is 8.90. The van der Waals surface area contributed by atoms with E-state index < -0.39 is 11.6 Å². The minimum atomic E-state index is -0.516. The van der Waals surface area contributed by atoms with Crippen molar-refractivity contribution in [3.8, 4) is 11.5 Å². The molecule has 2 aromatic rings. The Labute approximate surface area is 201 Å². The van der Waals surface area contributed by atoms with Crippen molar-refractivity contribution >= 4 is 17.5 Å². The van der Waals surface area contributed by atoms with E-state index in [1.807, 2.05) is 18.2 Å². The Balaban J connectivity index is 1.30.